The molecule has 0 aliphatic rings. The van der Waals surface area contributed by atoms with Crippen molar-refractivity contribution in [2.24, 2.45) is 0 Å². The summed E-state index contributed by atoms with van der Waals surface area (Å²) >= 11 is 0. The Bertz CT molecular complexity index is 1300. The van der Waals surface area contributed by atoms with Crippen molar-refractivity contribution >= 4 is 13.7 Å². The van der Waals surface area contributed by atoms with E-state index in [1.807, 2.05) is 21.1 Å². The van der Waals surface area contributed by atoms with Gasteiger partial charge in [0.25, 0.3) is 0 Å². The number of quaternary nitrogens is 1. The van der Waals surface area contributed by atoms with E-state index in [1.54, 1.807) is 0 Å². The number of amides is 1. The zero-order valence-corrected chi connectivity index (χ0v) is 57.4. The zero-order chi connectivity index (χ0) is 59.8. The Balaban J connectivity index is 3.82. The molecule has 0 aromatic heterocycles. The summed E-state index contributed by atoms with van der Waals surface area (Å²) in [4.78, 5) is 23.4. The van der Waals surface area contributed by atoms with Gasteiger partial charge in [-0.25, -0.2) is 4.57 Å². The van der Waals surface area contributed by atoms with Crippen LogP contribution in [0.2, 0.25) is 0 Å². The van der Waals surface area contributed by atoms with E-state index in [0.29, 0.717) is 23.9 Å². The second kappa shape index (κ2) is 65.0. The molecule has 3 atom stereocenters. The van der Waals surface area contributed by atoms with Gasteiger partial charge in [0.1, 0.15) is 13.2 Å². The van der Waals surface area contributed by atoms with Crippen molar-refractivity contribution in [1.82, 2.24) is 5.32 Å². The Morgan fingerprint density at radius 3 is 0.817 bits per heavy atom. The minimum absolute atomic E-state index is 0.0794. The minimum Gasteiger partial charge on any atom is -0.391 e. The molecule has 0 saturated carbocycles. The van der Waals surface area contributed by atoms with Crippen LogP contribution in [0.25, 0.3) is 0 Å². The normalized spacial score (nSPS) is 13.5. The van der Waals surface area contributed by atoms with Crippen LogP contribution in [0.4, 0.5) is 0 Å². The lowest BCUT2D eigenvalue weighted by Crippen LogP contribution is -2.46. The SMILES string of the molecule is CCCCCCCCCCCCCCCCCCCCCCCCCCCCCCCCCCCCCCCCCCCC(=O)NC(COP(=O)(O)OCC[N+](C)(C)C)C(O)CCCCCCCCCCCCCCCCCCCCC. The first-order valence-corrected chi connectivity index (χ1v) is 38.9. The minimum atomic E-state index is -4.32. The Hall–Kier alpha value is -0.500. The van der Waals surface area contributed by atoms with Gasteiger partial charge in [0.05, 0.1) is 39.9 Å². The number of rotatable bonds is 71. The third-order valence-electron chi connectivity index (χ3n) is 17.9. The van der Waals surface area contributed by atoms with E-state index < -0.39 is 20.0 Å². The number of aliphatic hydroxyl groups excluding tert-OH is 1. The predicted octanol–water partition coefficient (Wildman–Crippen LogP) is 23.9. The van der Waals surface area contributed by atoms with Crippen molar-refractivity contribution in [1.29, 1.82) is 0 Å². The molecule has 492 valence electrons. The number of hydrogen-bond acceptors (Lipinski definition) is 5. The van der Waals surface area contributed by atoms with E-state index >= 15 is 0 Å². The number of phosphoric ester groups is 1. The molecule has 0 heterocycles. The molecule has 0 radical (unpaired) electrons. The highest BCUT2D eigenvalue weighted by atomic mass is 31.2. The lowest BCUT2D eigenvalue weighted by molar-refractivity contribution is -0.870. The number of nitrogens with one attached hydrogen (secondary N) is 1. The van der Waals surface area contributed by atoms with Crippen LogP contribution in [-0.4, -0.2) is 73.4 Å². The number of hydrogen-bond donors (Lipinski definition) is 3. The largest absolute Gasteiger partial charge is 0.472 e. The molecular weight excluding hydrogens is 1030 g/mol. The van der Waals surface area contributed by atoms with E-state index in [2.05, 4.69) is 19.2 Å². The van der Waals surface area contributed by atoms with E-state index in [1.165, 1.54) is 347 Å². The van der Waals surface area contributed by atoms with Gasteiger partial charge in [-0.05, 0) is 12.8 Å². The quantitative estimate of drug-likeness (QED) is 0.0318. The molecule has 0 aromatic carbocycles. The standard InChI is InChI=1S/C73H149N2O6P/c1-6-8-10-12-14-16-18-20-22-24-26-27-28-29-30-31-32-33-34-35-36-37-38-39-40-41-42-43-44-45-46-47-49-51-53-55-57-59-61-63-65-67-73(77)74-71(70-81-82(78,79)80-69-68-75(3,4)5)72(76)66-64-62-60-58-56-54-52-50-48-25-23-21-19-17-15-13-11-9-7-2/h71-72,76H,6-70H2,1-5H3,(H-,74,77,78,79)/p+1. The van der Waals surface area contributed by atoms with Crippen molar-refractivity contribution in [3.8, 4) is 0 Å². The Kier molecular flexibility index (Phi) is 64.6. The highest BCUT2D eigenvalue weighted by molar-refractivity contribution is 7.47. The molecule has 0 bridgehead atoms. The van der Waals surface area contributed by atoms with Gasteiger partial charge in [0.2, 0.25) is 5.91 Å². The van der Waals surface area contributed by atoms with E-state index in [0.717, 1.165) is 38.5 Å². The van der Waals surface area contributed by atoms with Crippen molar-refractivity contribution in [2.75, 3.05) is 40.9 Å². The van der Waals surface area contributed by atoms with Gasteiger partial charge in [-0.15, -0.1) is 0 Å². The van der Waals surface area contributed by atoms with Crippen LogP contribution >= 0.6 is 7.82 Å². The second-order valence-electron chi connectivity index (χ2n) is 27.4. The van der Waals surface area contributed by atoms with Crippen LogP contribution in [0, 0.1) is 0 Å². The molecule has 0 spiro atoms. The summed E-state index contributed by atoms with van der Waals surface area (Å²) in [5.74, 6) is -0.133. The summed E-state index contributed by atoms with van der Waals surface area (Å²) in [5.41, 5.74) is 0. The van der Waals surface area contributed by atoms with Crippen molar-refractivity contribution in [3.05, 3.63) is 0 Å². The van der Waals surface area contributed by atoms with Crippen molar-refractivity contribution in [2.45, 2.75) is 424 Å². The molecule has 1 amide bonds. The van der Waals surface area contributed by atoms with Crippen LogP contribution in [-0.2, 0) is 18.4 Å². The fourth-order valence-electron chi connectivity index (χ4n) is 12.1. The smallest absolute Gasteiger partial charge is 0.391 e. The van der Waals surface area contributed by atoms with Gasteiger partial charge in [-0.3, -0.25) is 13.8 Å². The molecule has 0 aromatic rings. The van der Waals surface area contributed by atoms with Gasteiger partial charge in [-0.2, -0.15) is 0 Å². The lowest BCUT2D eigenvalue weighted by Gasteiger charge is -2.26. The van der Waals surface area contributed by atoms with Crippen LogP contribution in [0.1, 0.15) is 412 Å². The molecule has 3 unspecified atom stereocenters. The number of likely N-dealkylation sites (N-methyl/N-ethyl adjacent to an activating group) is 1. The fraction of sp³-hybridized carbons (Fsp3) is 0.986. The van der Waals surface area contributed by atoms with Gasteiger partial charge in [0.15, 0.2) is 0 Å². The number of unbranched alkanes of at least 4 members (excludes halogenated alkanes) is 58. The maximum atomic E-state index is 13.1. The van der Waals surface area contributed by atoms with E-state index in [-0.39, 0.29) is 19.1 Å². The third-order valence-corrected chi connectivity index (χ3v) is 18.8. The number of carbonyl (C=O) groups is 1. The first kappa shape index (κ1) is 81.5. The zero-order valence-electron chi connectivity index (χ0n) is 56.5. The van der Waals surface area contributed by atoms with Crippen LogP contribution < -0.4 is 5.32 Å². The lowest BCUT2D eigenvalue weighted by atomic mass is 10.0. The number of aliphatic hydroxyl groups is 1. The molecule has 0 rings (SSSR count). The molecule has 8 nitrogen and oxygen atoms in total. The van der Waals surface area contributed by atoms with Gasteiger partial charge >= 0.3 is 7.82 Å². The third kappa shape index (κ3) is 67.0. The molecule has 0 saturated heterocycles. The molecule has 9 heteroatoms. The summed E-state index contributed by atoms with van der Waals surface area (Å²) in [5, 5.41) is 14.1. The van der Waals surface area contributed by atoms with Gasteiger partial charge in [-0.1, -0.05) is 393 Å². The predicted molar refractivity (Wildman–Crippen MR) is 360 cm³/mol. The Morgan fingerprint density at radius 1 is 0.366 bits per heavy atom. The second-order valence-corrected chi connectivity index (χ2v) is 28.9. The average Bonchev–Trinajstić information content (AvgIpc) is 3.47. The van der Waals surface area contributed by atoms with Crippen LogP contribution in [0.3, 0.4) is 0 Å². The topological polar surface area (TPSA) is 105 Å². The first-order chi connectivity index (χ1) is 40.0. The molecule has 82 heavy (non-hydrogen) atoms. The summed E-state index contributed by atoms with van der Waals surface area (Å²) in [6.45, 7) is 4.96. The molecule has 0 aliphatic carbocycles. The number of nitrogens with zero attached hydrogens (tertiary/aromatic N) is 1. The number of carbonyl (C=O) groups excluding carboxylic acids is 1. The fourth-order valence-corrected chi connectivity index (χ4v) is 12.8. The summed E-state index contributed by atoms with van der Waals surface area (Å²) in [7, 11) is 1.64. The Morgan fingerprint density at radius 2 is 0.585 bits per heavy atom. The summed E-state index contributed by atoms with van der Waals surface area (Å²) in [6, 6.07) is -0.756. The monoisotopic (exact) mass is 1180 g/mol. The summed E-state index contributed by atoms with van der Waals surface area (Å²) in [6.07, 6.45) is 82.4. The van der Waals surface area contributed by atoms with Crippen LogP contribution in [0.5, 0.6) is 0 Å². The van der Waals surface area contributed by atoms with Gasteiger partial charge < -0.3 is 19.8 Å². The van der Waals surface area contributed by atoms with Crippen molar-refractivity contribution in [3.63, 3.8) is 0 Å². The maximum Gasteiger partial charge on any atom is 0.472 e. The van der Waals surface area contributed by atoms with E-state index in [4.69, 9.17) is 9.05 Å². The van der Waals surface area contributed by atoms with Crippen molar-refractivity contribution < 1.29 is 32.9 Å². The summed E-state index contributed by atoms with van der Waals surface area (Å²) < 4.78 is 23.9. The van der Waals surface area contributed by atoms with E-state index in [9.17, 15) is 19.4 Å². The highest BCUT2D eigenvalue weighted by Crippen LogP contribution is 2.43. The maximum absolute atomic E-state index is 13.1. The molecule has 0 aliphatic heterocycles. The van der Waals surface area contributed by atoms with Crippen LogP contribution in [0.15, 0.2) is 0 Å². The highest BCUT2D eigenvalue weighted by Gasteiger charge is 2.28. The molecule has 0 fully saturated rings. The van der Waals surface area contributed by atoms with Gasteiger partial charge in [0, 0.05) is 6.42 Å². The molecule has 3 N–H and O–H groups in total. The average molecular weight is 1180 g/mol. The first-order valence-electron chi connectivity index (χ1n) is 37.4. The molecular formula is C73H150N2O6P+. The number of phosphoric acid groups is 1. The Labute approximate surface area is 514 Å².